The smallest absolute Gasteiger partial charge is 0.101 e. The van der Waals surface area contributed by atoms with Gasteiger partial charge < -0.3 is 4.90 Å². The predicted molar refractivity (Wildman–Crippen MR) is 55.7 cm³/mol. The van der Waals surface area contributed by atoms with E-state index in [4.69, 9.17) is 0 Å². The van der Waals surface area contributed by atoms with E-state index in [0.29, 0.717) is 11.8 Å². The van der Waals surface area contributed by atoms with Gasteiger partial charge in [-0.2, -0.15) is 0 Å². The number of amidine groups is 1. The molecule has 0 radical (unpaired) electrons. The molecule has 0 fully saturated rings. The van der Waals surface area contributed by atoms with Gasteiger partial charge in [0.05, 0.1) is 0 Å². The molecule has 0 N–H and O–H groups in total. The van der Waals surface area contributed by atoms with Gasteiger partial charge in [0.2, 0.25) is 0 Å². The van der Waals surface area contributed by atoms with Crippen molar-refractivity contribution in [1.29, 1.82) is 0 Å². The topological polar surface area (TPSA) is 15.6 Å². The number of aliphatic imine (C=N–C) groups is 1. The first-order chi connectivity index (χ1) is 5.45. The first kappa shape index (κ1) is 11.5. The molecule has 0 bridgehead atoms. The lowest BCUT2D eigenvalue weighted by Gasteiger charge is -2.19. The van der Waals surface area contributed by atoms with Gasteiger partial charge >= 0.3 is 0 Å². The molecule has 0 atom stereocenters. The number of hydrogen-bond acceptors (Lipinski definition) is 1. The summed E-state index contributed by atoms with van der Waals surface area (Å²) in [7, 11) is 4.11. The van der Waals surface area contributed by atoms with Crippen LogP contribution < -0.4 is 0 Å². The quantitative estimate of drug-likeness (QED) is 0.468. The van der Waals surface area contributed by atoms with Crippen molar-refractivity contribution in [1.82, 2.24) is 4.90 Å². The Kier molecular flexibility index (Phi) is 4.95. The third-order valence-corrected chi connectivity index (χ3v) is 1.59. The number of rotatable bonds is 3. The number of nitrogens with zero attached hydrogens (tertiary/aromatic N) is 2. The Morgan fingerprint density at radius 1 is 1.17 bits per heavy atom. The highest BCUT2D eigenvalue weighted by Gasteiger charge is 2.06. The van der Waals surface area contributed by atoms with Gasteiger partial charge in [0, 0.05) is 26.6 Å². The Morgan fingerprint density at radius 3 is 1.92 bits per heavy atom. The van der Waals surface area contributed by atoms with Crippen molar-refractivity contribution in [2.24, 2.45) is 16.8 Å². The average molecular weight is 170 g/mol. The highest BCUT2D eigenvalue weighted by molar-refractivity contribution is 5.83. The molecule has 0 aliphatic carbocycles. The van der Waals surface area contributed by atoms with E-state index < -0.39 is 0 Å². The maximum Gasteiger partial charge on any atom is 0.101 e. The molecule has 0 saturated carbocycles. The largest absolute Gasteiger partial charge is 0.366 e. The average Bonchev–Trinajstić information content (AvgIpc) is 1.84. The molecule has 72 valence electrons. The van der Waals surface area contributed by atoms with Crippen LogP contribution in [0.5, 0.6) is 0 Å². The normalized spacial score (nSPS) is 12.8. The summed E-state index contributed by atoms with van der Waals surface area (Å²) in [5.74, 6) is 2.38. The maximum atomic E-state index is 4.56. The summed E-state index contributed by atoms with van der Waals surface area (Å²) in [5, 5.41) is 0. The molecule has 0 aromatic rings. The van der Waals surface area contributed by atoms with Crippen molar-refractivity contribution >= 4 is 5.84 Å². The van der Waals surface area contributed by atoms with Crippen molar-refractivity contribution in [3.8, 4) is 0 Å². The van der Waals surface area contributed by atoms with Gasteiger partial charge in [0.25, 0.3) is 0 Å². The standard InChI is InChI=1S/C10H22N2/c1-8(2)7-11-10(9(3)4)12(5)6/h8-9H,7H2,1-6H3. The minimum atomic E-state index is 0.527. The molecule has 0 aliphatic heterocycles. The Bertz CT molecular complexity index is 136. The van der Waals surface area contributed by atoms with Crippen molar-refractivity contribution in [2.75, 3.05) is 20.6 Å². The molecule has 0 unspecified atom stereocenters. The first-order valence-electron chi connectivity index (χ1n) is 4.66. The van der Waals surface area contributed by atoms with Gasteiger partial charge in [0.1, 0.15) is 5.84 Å². The van der Waals surface area contributed by atoms with E-state index in [-0.39, 0.29) is 0 Å². The second-order valence-electron chi connectivity index (χ2n) is 4.14. The lowest BCUT2D eigenvalue weighted by molar-refractivity contribution is 0.559. The van der Waals surface area contributed by atoms with E-state index >= 15 is 0 Å². The summed E-state index contributed by atoms with van der Waals surface area (Å²) < 4.78 is 0. The minimum absolute atomic E-state index is 0.527. The van der Waals surface area contributed by atoms with Crippen molar-refractivity contribution in [3.05, 3.63) is 0 Å². The summed E-state index contributed by atoms with van der Waals surface area (Å²) in [6.45, 7) is 9.68. The molecule has 0 heterocycles. The predicted octanol–water partition coefficient (Wildman–Crippen LogP) is 2.26. The fraction of sp³-hybridized carbons (Fsp3) is 0.900. The lowest BCUT2D eigenvalue weighted by Crippen LogP contribution is -2.27. The molecule has 2 nitrogen and oxygen atoms in total. The van der Waals surface area contributed by atoms with Crippen LogP contribution in [-0.4, -0.2) is 31.4 Å². The molecule has 0 saturated heterocycles. The van der Waals surface area contributed by atoms with Gasteiger partial charge in [-0.3, -0.25) is 4.99 Å². The van der Waals surface area contributed by atoms with Crippen LogP contribution in [0.1, 0.15) is 27.7 Å². The summed E-state index contributed by atoms with van der Waals surface area (Å²) in [4.78, 5) is 6.67. The van der Waals surface area contributed by atoms with Crippen LogP contribution in [0.2, 0.25) is 0 Å². The second kappa shape index (κ2) is 5.18. The second-order valence-corrected chi connectivity index (χ2v) is 4.14. The highest BCUT2D eigenvalue weighted by atomic mass is 15.1. The van der Waals surface area contributed by atoms with E-state index in [1.807, 2.05) is 0 Å². The first-order valence-corrected chi connectivity index (χ1v) is 4.66. The minimum Gasteiger partial charge on any atom is -0.366 e. The molecular formula is C10H22N2. The van der Waals surface area contributed by atoms with E-state index in [0.717, 1.165) is 6.54 Å². The third-order valence-electron chi connectivity index (χ3n) is 1.59. The molecule has 12 heavy (non-hydrogen) atoms. The summed E-state index contributed by atoms with van der Waals surface area (Å²) in [6.07, 6.45) is 0. The lowest BCUT2D eigenvalue weighted by atomic mass is 10.2. The third kappa shape index (κ3) is 4.37. The van der Waals surface area contributed by atoms with Crippen LogP contribution in [0.4, 0.5) is 0 Å². The van der Waals surface area contributed by atoms with E-state index in [2.05, 4.69) is 51.7 Å². The molecule has 0 aliphatic rings. The fourth-order valence-corrected chi connectivity index (χ4v) is 1.12. The highest BCUT2D eigenvalue weighted by Crippen LogP contribution is 2.02. The maximum absolute atomic E-state index is 4.56. The van der Waals surface area contributed by atoms with Gasteiger partial charge in [0.15, 0.2) is 0 Å². The van der Waals surface area contributed by atoms with Gasteiger partial charge in [-0.15, -0.1) is 0 Å². The molecular weight excluding hydrogens is 148 g/mol. The Morgan fingerprint density at radius 2 is 1.67 bits per heavy atom. The zero-order chi connectivity index (χ0) is 9.72. The fourth-order valence-electron chi connectivity index (χ4n) is 1.12. The van der Waals surface area contributed by atoms with Crippen LogP contribution in [0.3, 0.4) is 0 Å². The molecule has 0 aromatic carbocycles. The summed E-state index contributed by atoms with van der Waals surface area (Å²) in [5.41, 5.74) is 0. The van der Waals surface area contributed by atoms with Crippen molar-refractivity contribution in [3.63, 3.8) is 0 Å². The van der Waals surface area contributed by atoms with E-state index in [9.17, 15) is 0 Å². The molecule has 0 rings (SSSR count). The summed E-state index contributed by atoms with van der Waals surface area (Å²) >= 11 is 0. The van der Waals surface area contributed by atoms with Gasteiger partial charge in [-0.05, 0) is 5.92 Å². The monoisotopic (exact) mass is 170 g/mol. The Labute approximate surface area is 76.7 Å². The van der Waals surface area contributed by atoms with Crippen LogP contribution >= 0.6 is 0 Å². The molecule has 0 spiro atoms. The molecule has 0 amide bonds. The van der Waals surface area contributed by atoms with Crippen LogP contribution in [0, 0.1) is 11.8 Å². The van der Waals surface area contributed by atoms with Crippen molar-refractivity contribution < 1.29 is 0 Å². The Hall–Kier alpha value is -0.530. The SMILES string of the molecule is CC(C)CN=C(C(C)C)N(C)C. The van der Waals surface area contributed by atoms with Crippen LogP contribution in [-0.2, 0) is 0 Å². The van der Waals surface area contributed by atoms with Gasteiger partial charge in [-0.25, -0.2) is 0 Å². The van der Waals surface area contributed by atoms with Crippen LogP contribution in [0.25, 0.3) is 0 Å². The zero-order valence-corrected chi connectivity index (χ0v) is 9.26. The van der Waals surface area contributed by atoms with Crippen LogP contribution in [0.15, 0.2) is 4.99 Å². The molecule has 0 aromatic heterocycles. The van der Waals surface area contributed by atoms with Gasteiger partial charge in [-0.1, -0.05) is 27.7 Å². The van der Waals surface area contributed by atoms with E-state index in [1.54, 1.807) is 0 Å². The van der Waals surface area contributed by atoms with Crippen molar-refractivity contribution in [2.45, 2.75) is 27.7 Å². The summed E-state index contributed by atoms with van der Waals surface area (Å²) in [6, 6.07) is 0. The Balaban J connectivity index is 4.19. The van der Waals surface area contributed by atoms with E-state index in [1.165, 1.54) is 5.84 Å². The molecule has 2 heteroatoms. The number of hydrogen-bond donors (Lipinski definition) is 0. The zero-order valence-electron chi connectivity index (χ0n) is 9.26.